The molecule has 3 aromatic carbocycles. The fourth-order valence-corrected chi connectivity index (χ4v) is 3.12. The number of methoxy groups -OCH3 is 1. The minimum Gasteiger partial charge on any atom is -0.493 e. The Bertz CT molecular complexity index is 979. The third kappa shape index (κ3) is 4.89. The molecule has 0 aliphatic heterocycles. The van der Waals surface area contributed by atoms with Gasteiger partial charge in [-0.25, -0.2) is 4.39 Å². The van der Waals surface area contributed by atoms with Crippen LogP contribution in [0.3, 0.4) is 0 Å². The Morgan fingerprint density at radius 2 is 1.79 bits per heavy atom. The topological polar surface area (TPSA) is 30.5 Å². The van der Waals surface area contributed by atoms with Crippen molar-refractivity contribution in [2.24, 2.45) is 0 Å². The fourth-order valence-electron chi connectivity index (χ4n) is 2.71. The van der Waals surface area contributed by atoms with Crippen LogP contribution in [-0.2, 0) is 13.2 Å². The van der Waals surface area contributed by atoms with E-state index in [1.807, 2.05) is 43.3 Å². The summed E-state index contributed by atoms with van der Waals surface area (Å²) < 4.78 is 24.7. The summed E-state index contributed by atoms with van der Waals surface area (Å²) in [5.41, 5.74) is 3.53. The maximum atomic E-state index is 13.2. The van der Waals surface area contributed by atoms with Crippen LogP contribution in [0.25, 0.3) is 0 Å². The largest absolute Gasteiger partial charge is 0.493 e. The molecule has 0 aromatic heterocycles. The summed E-state index contributed by atoms with van der Waals surface area (Å²) in [4.78, 5) is 0. The van der Waals surface area contributed by atoms with Crippen molar-refractivity contribution in [2.75, 3.05) is 12.4 Å². The van der Waals surface area contributed by atoms with E-state index < -0.39 is 0 Å². The predicted molar refractivity (Wildman–Crippen MR) is 112 cm³/mol. The molecule has 3 rings (SSSR count). The molecule has 0 saturated carbocycles. The molecule has 0 atom stereocenters. The van der Waals surface area contributed by atoms with Crippen LogP contribution in [0.1, 0.15) is 16.7 Å². The van der Waals surface area contributed by atoms with Gasteiger partial charge in [-0.05, 0) is 42.8 Å². The van der Waals surface area contributed by atoms with Crippen LogP contribution in [0.2, 0.25) is 10.0 Å². The molecule has 146 valence electrons. The number of anilines is 1. The van der Waals surface area contributed by atoms with Crippen LogP contribution >= 0.6 is 23.2 Å². The quantitative estimate of drug-likeness (QED) is 0.465. The summed E-state index contributed by atoms with van der Waals surface area (Å²) >= 11 is 12.3. The molecule has 0 saturated heterocycles. The molecule has 0 amide bonds. The van der Waals surface area contributed by atoms with Gasteiger partial charge in [0.05, 0.1) is 12.1 Å². The van der Waals surface area contributed by atoms with E-state index in [1.165, 1.54) is 12.1 Å². The number of benzene rings is 3. The van der Waals surface area contributed by atoms with Crippen molar-refractivity contribution in [1.82, 2.24) is 0 Å². The van der Waals surface area contributed by atoms with E-state index in [1.54, 1.807) is 13.2 Å². The van der Waals surface area contributed by atoms with Gasteiger partial charge in [0.15, 0.2) is 11.5 Å². The third-order valence-electron chi connectivity index (χ3n) is 4.32. The molecule has 0 heterocycles. The van der Waals surface area contributed by atoms with Crippen molar-refractivity contribution in [3.63, 3.8) is 0 Å². The Balaban J connectivity index is 1.78. The second-order valence-corrected chi connectivity index (χ2v) is 7.10. The number of rotatable bonds is 7. The second kappa shape index (κ2) is 9.18. The molecule has 1 N–H and O–H groups in total. The Hall–Kier alpha value is -2.43. The SMILES string of the molecule is COc1cccc(CNc2ccc(C)c(Cl)c2)c1OCc1ccc(F)cc1Cl. The lowest BCUT2D eigenvalue weighted by atomic mass is 10.1. The monoisotopic (exact) mass is 419 g/mol. The number of para-hydroxylation sites is 1. The first kappa shape index (κ1) is 20.3. The average Bonchev–Trinajstić information content (AvgIpc) is 2.68. The van der Waals surface area contributed by atoms with Gasteiger partial charge >= 0.3 is 0 Å². The summed E-state index contributed by atoms with van der Waals surface area (Å²) in [5, 5.41) is 4.37. The van der Waals surface area contributed by atoms with Crippen molar-refractivity contribution < 1.29 is 13.9 Å². The maximum Gasteiger partial charge on any atom is 0.166 e. The standard InChI is InChI=1S/C22H20Cl2FNO2/c1-14-6-9-18(11-19(14)23)26-12-15-4-3-5-21(27-2)22(15)28-13-16-7-8-17(25)10-20(16)24/h3-11,26H,12-13H2,1-2H3. The predicted octanol–water partition coefficient (Wildman–Crippen LogP) is 6.64. The normalized spacial score (nSPS) is 10.6. The molecule has 3 nitrogen and oxygen atoms in total. The molecule has 0 radical (unpaired) electrons. The first-order valence-corrected chi connectivity index (χ1v) is 9.46. The number of hydrogen-bond acceptors (Lipinski definition) is 3. The summed E-state index contributed by atoms with van der Waals surface area (Å²) in [6.45, 7) is 2.67. The van der Waals surface area contributed by atoms with Crippen molar-refractivity contribution in [1.29, 1.82) is 0 Å². The Labute approximate surface area is 174 Å². The molecule has 0 unspecified atom stereocenters. The van der Waals surface area contributed by atoms with Crippen LogP contribution in [0, 0.1) is 12.7 Å². The van der Waals surface area contributed by atoms with E-state index in [2.05, 4.69) is 5.32 Å². The van der Waals surface area contributed by atoms with Crippen LogP contribution in [-0.4, -0.2) is 7.11 Å². The average molecular weight is 420 g/mol. The number of hydrogen-bond donors (Lipinski definition) is 1. The summed E-state index contributed by atoms with van der Waals surface area (Å²) in [6.07, 6.45) is 0. The molecule has 28 heavy (non-hydrogen) atoms. The molecule has 0 bridgehead atoms. The van der Waals surface area contributed by atoms with Gasteiger partial charge in [-0.1, -0.05) is 47.5 Å². The molecular weight excluding hydrogens is 400 g/mol. The van der Waals surface area contributed by atoms with E-state index in [0.717, 1.165) is 16.8 Å². The van der Waals surface area contributed by atoms with E-state index in [9.17, 15) is 4.39 Å². The molecule has 0 spiro atoms. The smallest absolute Gasteiger partial charge is 0.166 e. The molecule has 0 aliphatic rings. The number of nitrogens with one attached hydrogen (secondary N) is 1. The lowest BCUT2D eigenvalue weighted by Gasteiger charge is -2.17. The number of aryl methyl sites for hydroxylation is 1. The van der Waals surface area contributed by atoms with Gasteiger partial charge < -0.3 is 14.8 Å². The highest BCUT2D eigenvalue weighted by molar-refractivity contribution is 6.31. The van der Waals surface area contributed by atoms with Crippen LogP contribution in [0.5, 0.6) is 11.5 Å². The van der Waals surface area contributed by atoms with Gasteiger partial charge in [0.2, 0.25) is 0 Å². The highest BCUT2D eigenvalue weighted by atomic mass is 35.5. The lowest BCUT2D eigenvalue weighted by molar-refractivity contribution is 0.281. The maximum absolute atomic E-state index is 13.2. The zero-order chi connectivity index (χ0) is 20.1. The number of ether oxygens (including phenoxy) is 2. The summed E-state index contributed by atoms with van der Waals surface area (Å²) in [7, 11) is 1.59. The molecule has 3 aromatic rings. The van der Waals surface area contributed by atoms with Crippen molar-refractivity contribution in [3.05, 3.63) is 87.2 Å². The van der Waals surface area contributed by atoms with Crippen LogP contribution in [0.15, 0.2) is 54.6 Å². The van der Waals surface area contributed by atoms with Crippen molar-refractivity contribution >= 4 is 28.9 Å². The first-order valence-electron chi connectivity index (χ1n) is 8.70. The Morgan fingerprint density at radius 3 is 2.50 bits per heavy atom. The van der Waals surface area contributed by atoms with E-state index in [4.69, 9.17) is 32.7 Å². The second-order valence-electron chi connectivity index (χ2n) is 6.29. The highest BCUT2D eigenvalue weighted by Gasteiger charge is 2.12. The van der Waals surface area contributed by atoms with Crippen LogP contribution < -0.4 is 14.8 Å². The summed E-state index contributed by atoms with van der Waals surface area (Å²) in [5.74, 6) is 0.836. The molecule has 6 heteroatoms. The van der Waals surface area contributed by atoms with Crippen LogP contribution in [0.4, 0.5) is 10.1 Å². The van der Waals surface area contributed by atoms with Crippen molar-refractivity contribution in [2.45, 2.75) is 20.1 Å². The van der Waals surface area contributed by atoms with Gasteiger partial charge in [-0.3, -0.25) is 0 Å². The van der Waals surface area contributed by atoms with Crippen molar-refractivity contribution in [3.8, 4) is 11.5 Å². The Kier molecular flexibility index (Phi) is 6.65. The zero-order valence-corrected chi connectivity index (χ0v) is 17.1. The van der Waals surface area contributed by atoms with Gasteiger partial charge in [-0.2, -0.15) is 0 Å². The number of halogens is 3. The highest BCUT2D eigenvalue weighted by Crippen LogP contribution is 2.33. The molecule has 0 fully saturated rings. The summed E-state index contributed by atoms with van der Waals surface area (Å²) in [6, 6.07) is 15.7. The van der Waals surface area contributed by atoms with E-state index in [-0.39, 0.29) is 12.4 Å². The van der Waals surface area contributed by atoms with E-state index in [0.29, 0.717) is 33.7 Å². The lowest BCUT2D eigenvalue weighted by Crippen LogP contribution is -2.05. The minimum absolute atomic E-state index is 0.197. The van der Waals surface area contributed by atoms with Gasteiger partial charge in [0.25, 0.3) is 0 Å². The fraction of sp³-hybridized carbons (Fsp3) is 0.182. The van der Waals surface area contributed by atoms with E-state index >= 15 is 0 Å². The minimum atomic E-state index is -0.382. The molecular formula is C22H20Cl2FNO2. The molecule has 0 aliphatic carbocycles. The van der Waals surface area contributed by atoms with Gasteiger partial charge in [0.1, 0.15) is 12.4 Å². The third-order valence-corrected chi connectivity index (χ3v) is 5.08. The van der Waals surface area contributed by atoms with Gasteiger partial charge in [0, 0.05) is 28.4 Å². The Morgan fingerprint density at radius 1 is 0.964 bits per heavy atom. The zero-order valence-electron chi connectivity index (χ0n) is 15.6. The first-order chi connectivity index (χ1) is 13.5. The van der Waals surface area contributed by atoms with Gasteiger partial charge in [-0.15, -0.1) is 0 Å².